The van der Waals surface area contributed by atoms with Gasteiger partial charge in [0.15, 0.2) is 0 Å². The van der Waals surface area contributed by atoms with E-state index >= 15 is 0 Å². The second-order valence-corrected chi connectivity index (χ2v) is 8.43. The maximum atomic E-state index is 9.53. The zero-order chi connectivity index (χ0) is 20.9. The summed E-state index contributed by atoms with van der Waals surface area (Å²) in [5, 5.41) is 10.3. The van der Waals surface area contributed by atoms with E-state index in [0.29, 0.717) is 0 Å². The minimum Gasteiger partial charge on any atom is -0.395 e. The van der Waals surface area contributed by atoms with Gasteiger partial charge < -0.3 is 5.11 Å². The first-order chi connectivity index (χ1) is 14.7. The van der Waals surface area contributed by atoms with E-state index in [9.17, 15) is 5.11 Å². The number of rotatable bonds is 6. The molecule has 0 bridgehead atoms. The van der Waals surface area contributed by atoms with Crippen LogP contribution in [0.1, 0.15) is 35.1 Å². The fourth-order valence-corrected chi connectivity index (χ4v) is 4.56. The third-order valence-corrected chi connectivity index (χ3v) is 6.39. The zero-order valence-corrected chi connectivity index (χ0v) is 18.1. The highest BCUT2D eigenvalue weighted by Crippen LogP contribution is 2.28. The molecular formula is C27H28ClNO. The Morgan fingerprint density at radius 1 is 1.00 bits per heavy atom. The minimum absolute atomic E-state index is 0.232. The molecule has 2 nitrogen and oxygen atoms in total. The van der Waals surface area contributed by atoms with Crippen LogP contribution in [-0.2, 0) is 6.54 Å². The minimum atomic E-state index is 0.232. The summed E-state index contributed by atoms with van der Waals surface area (Å²) in [4.78, 5) is 2.35. The maximum absolute atomic E-state index is 9.53. The first kappa shape index (κ1) is 20.9. The predicted molar refractivity (Wildman–Crippen MR) is 128 cm³/mol. The molecule has 1 saturated heterocycles. The van der Waals surface area contributed by atoms with Crippen LogP contribution in [0.2, 0.25) is 5.02 Å². The highest BCUT2D eigenvalue weighted by Gasteiger charge is 2.23. The van der Waals surface area contributed by atoms with Crippen LogP contribution in [0.3, 0.4) is 0 Å². The van der Waals surface area contributed by atoms with Gasteiger partial charge in [-0.1, -0.05) is 84.4 Å². The SMILES string of the molecule is Cc1c(/C=C/c2ccc(CN3CCC[C@H]3CO)cc2Cl)cccc1-c1ccccc1. The molecule has 0 radical (unpaired) electrons. The lowest BCUT2D eigenvalue weighted by Crippen LogP contribution is -2.31. The average molecular weight is 418 g/mol. The number of aliphatic hydroxyl groups excluding tert-OH is 1. The Morgan fingerprint density at radius 3 is 2.57 bits per heavy atom. The molecule has 0 unspecified atom stereocenters. The fourth-order valence-electron chi connectivity index (χ4n) is 4.29. The van der Waals surface area contributed by atoms with E-state index in [0.717, 1.165) is 36.5 Å². The van der Waals surface area contributed by atoms with Crippen LogP contribution < -0.4 is 0 Å². The quantitative estimate of drug-likeness (QED) is 0.466. The van der Waals surface area contributed by atoms with Gasteiger partial charge in [0.25, 0.3) is 0 Å². The van der Waals surface area contributed by atoms with Crippen LogP contribution in [-0.4, -0.2) is 29.2 Å². The molecule has 3 heteroatoms. The van der Waals surface area contributed by atoms with Crippen LogP contribution in [0.4, 0.5) is 0 Å². The van der Waals surface area contributed by atoms with Crippen LogP contribution >= 0.6 is 11.6 Å². The molecule has 0 aliphatic carbocycles. The molecule has 1 aliphatic rings. The molecule has 3 aromatic rings. The lowest BCUT2D eigenvalue weighted by atomic mass is 9.96. The summed E-state index contributed by atoms with van der Waals surface area (Å²) in [6.07, 6.45) is 6.47. The van der Waals surface area contributed by atoms with E-state index in [1.165, 1.54) is 27.8 Å². The number of halogens is 1. The summed E-state index contributed by atoms with van der Waals surface area (Å²) >= 11 is 6.60. The Balaban J connectivity index is 1.52. The second-order valence-electron chi connectivity index (χ2n) is 8.02. The summed E-state index contributed by atoms with van der Waals surface area (Å²) in [5.74, 6) is 0. The molecule has 0 aromatic heterocycles. The number of likely N-dealkylation sites (tertiary alicyclic amines) is 1. The Bertz CT molecular complexity index is 1030. The van der Waals surface area contributed by atoms with Crippen LogP contribution in [0.5, 0.6) is 0 Å². The molecule has 1 aliphatic heterocycles. The molecule has 1 fully saturated rings. The van der Waals surface area contributed by atoms with Crippen molar-refractivity contribution < 1.29 is 5.11 Å². The van der Waals surface area contributed by atoms with Gasteiger partial charge in [0.2, 0.25) is 0 Å². The summed E-state index contributed by atoms with van der Waals surface area (Å²) in [7, 11) is 0. The molecule has 1 atom stereocenters. The van der Waals surface area contributed by atoms with Crippen LogP contribution in [0.25, 0.3) is 23.3 Å². The molecule has 0 amide bonds. The van der Waals surface area contributed by atoms with Crippen LogP contribution in [0, 0.1) is 6.92 Å². The van der Waals surface area contributed by atoms with E-state index < -0.39 is 0 Å². The first-order valence-corrected chi connectivity index (χ1v) is 11.0. The number of aliphatic hydroxyl groups is 1. The molecule has 1 heterocycles. The van der Waals surface area contributed by atoms with Crippen molar-refractivity contribution in [3.05, 3.63) is 94.0 Å². The van der Waals surface area contributed by atoms with E-state index in [4.69, 9.17) is 11.6 Å². The maximum Gasteiger partial charge on any atom is 0.0587 e. The monoisotopic (exact) mass is 417 g/mol. The molecule has 154 valence electrons. The first-order valence-electron chi connectivity index (χ1n) is 10.6. The van der Waals surface area contributed by atoms with Crippen molar-refractivity contribution in [1.82, 2.24) is 4.90 Å². The molecule has 3 aromatic carbocycles. The Hall–Kier alpha value is -2.39. The van der Waals surface area contributed by atoms with Gasteiger partial charge in [-0.2, -0.15) is 0 Å². The molecule has 0 spiro atoms. The van der Waals surface area contributed by atoms with Crippen molar-refractivity contribution in [2.45, 2.75) is 32.4 Å². The van der Waals surface area contributed by atoms with E-state index in [-0.39, 0.29) is 12.6 Å². The predicted octanol–water partition coefficient (Wildman–Crippen LogP) is 6.44. The number of benzene rings is 3. The van der Waals surface area contributed by atoms with Crippen LogP contribution in [0.15, 0.2) is 66.7 Å². The Morgan fingerprint density at radius 2 is 1.80 bits per heavy atom. The van der Waals surface area contributed by atoms with Crippen molar-refractivity contribution in [3.63, 3.8) is 0 Å². The number of nitrogens with zero attached hydrogens (tertiary/aromatic N) is 1. The molecular weight excluding hydrogens is 390 g/mol. The largest absolute Gasteiger partial charge is 0.395 e. The fraction of sp³-hybridized carbons (Fsp3) is 0.259. The van der Waals surface area contributed by atoms with Gasteiger partial charge in [-0.3, -0.25) is 4.90 Å². The van der Waals surface area contributed by atoms with Gasteiger partial charge in [0.05, 0.1) is 6.61 Å². The van der Waals surface area contributed by atoms with E-state index in [1.807, 2.05) is 6.07 Å². The summed E-state index contributed by atoms with van der Waals surface area (Å²) in [6.45, 7) is 4.28. The van der Waals surface area contributed by atoms with Crippen molar-refractivity contribution >= 4 is 23.8 Å². The number of hydrogen-bond acceptors (Lipinski definition) is 2. The van der Waals surface area contributed by atoms with Crippen molar-refractivity contribution in [2.24, 2.45) is 0 Å². The normalized spacial score (nSPS) is 17.1. The van der Waals surface area contributed by atoms with Gasteiger partial charge in [-0.05, 0) is 65.8 Å². The summed E-state index contributed by atoms with van der Waals surface area (Å²) < 4.78 is 0. The van der Waals surface area contributed by atoms with Crippen molar-refractivity contribution in [2.75, 3.05) is 13.2 Å². The van der Waals surface area contributed by atoms with Gasteiger partial charge in [0, 0.05) is 17.6 Å². The third-order valence-electron chi connectivity index (χ3n) is 6.06. The topological polar surface area (TPSA) is 23.5 Å². The van der Waals surface area contributed by atoms with Crippen molar-refractivity contribution in [3.8, 4) is 11.1 Å². The molecule has 0 saturated carbocycles. The lowest BCUT2D eigenvalue weighted by molar-refractivity contribution is 0.153. The average Bonchev–Trinajstić information content (AvgIpc) is 3.22. The molecule has 30 heavy (non-hydrogen) atoms. The van der Waals surface area contributed by atoms with E-state index in [1.54, 1.807) is 0 Å². The highest BCUT2D eigenvalue weighted by molar-refractivity contribution is 6.32. The lowest BCUT2D eigenvalue weighted by Gasteiger charge is -2.22. The smallest absolute Gasteiger partial charge is 0.0587 e. The zero-order valence-electron chi connectivity index (χ0n) is 17.4. The third kappa shape index (κ3) is 4.67. The molecule has 1 N–H and O–H groups in total. The van der Waals surface area contributed by atoms with Gasteiger partial charge in [0.1, 0.15) is 0 Å². The van der Waals surface area contributed by atoms with Gasteiger partial charge in [-0.25, -0.2) is 0 Å². The highest BCUT2D eigenvalue weighted by atomic mass is 35.5. The summed E-state index contributed by atoms with van der Waals surface area (Å²) in [6, 6.07) is 23.5. The van der Waals surface area contributed by atoms with Gasteiger partial charge in [-0.15, -0.1) is 0 Å². The number of hydrogen-bond donors (Lipinski definition) is 1. The van der Waals surface area contributed by atoms with Crippen molar-refractivity contribution in [1.29, 1.82) is 0 Å². The second kappa shape index (κ2) is 9.61. The standard InChI is InChI=1S/C27H28ClNO/c1-20-22(9-5-11-26(20)23-7-3-2-4-8-23)14-15-24-13-12-21(17-27(24)28)18-29-16-6-10-25(29)19-30/h2-5,7-9,11-15,17,25,30H,6,10,16,18-19H2,1H3/b15-14+/t25-/m0/s1. The molecule has 4 rings (SSSR count). The summed E-state index contributed by atoms with van der Waals surface area (Å²) in [5.41, 5.74) is 7.15. The Labute approximate surface area is 184 Å². The Kier molecular flexibility index (Phi) is 6.69. The van der Waals surface area contributed by atoms with Gasteiger partial charge >= 0.3 is 0 Å². The van der Waals surface area contributed by atoms with E-state index in [2.05, 4.69) is 84.6 Å².